The summed E-state index contributed by atoms with van der Waals surface area (Å²) >= 11 is 0. The maximum absolute atomic E-state index is 4.79. The first kappa shape index (κ1) is 25.4. The number of nitrogens with zero attached hydrogens (tertiary/aromatic N) is 4. The Balaban J connectivity index is 0.00000420. The van der Waals surface area contributed by atoms with Crippen molar-refractivity contribution < 1.29 is 0 Å². The van der Waals surface area contributed by atoms with Crippen molar-refractivity contribution in [1.82, 2.24) is 25.3 Å². The lowest BCUT2D eigenvalue weighted by Gasteiger charge is -2.26. The van der Waals surface area contributed by atoms with E-state index in [0.29, 0.717) is 6.54 Å². The fourth-order valence-electron chi connectivity index (χ4n) is 3.31. The maximum Gasteiger partial charge on any atom is 0.191 e. The fourth-order valence-corrected chi connectivity index (χ4v) is 3.31. The number of hydrogen-bond donors (Lipinski definition) is 2. The monoisotopic (exact) mass is 512 g/mol. The predicted octanol–water partition coefficient (Wildman–Crippen LogP) is 3.58. The topological polar surface area (TPSA) is 57.5 Å². The van der Waals surface area contributed by atoms with Gasteiger partial charge in [-0.25, -0.2) is 4.99 Å². The number of aromatic nitrogens is 2. The molecule has 0 amide bonds. The first-order valence-corrected chi connectivity index (χ1v) is 10.1. The number of nitrogens with one attached hydrogen (secondary N) is 2. The van der Waals surface area contributed by atoms with E-state index in [1.807, 2.05) is 18.7 Å². The van der Waals surface area contributed by atoms with Crippen LogP contribution in [-0.4, -0.2) is 47.8 Å². The van der Waals surface area contributed by atoms with Crippen LogP contribution in [0.5, 0.6) is 0 Å². The van der Waals surface area contributed by atoms with Gasteiger partial charge in [-0.15, -0.1) is 24.0 Å². The molecule has 162 valence electrons. The highest BCUT2D eigenvalue weighted by Gasteiger charge is 2.15. The van der Waals surface area contributed by atoms with E-state index >= 15 is 0 Å². The van der Waals surface area contributed by atoms with Crippen molar-refractivity contribution in [2.24, 2.45) is 12.0 Å². The summed E-state index contributed by atoms with van der Waals surface area (Å²) < 4.78 is 1.92. The lowest BCUT2D eigenvalue weighted by molar-refractivity contribution is 0.298. The molecule has 1 unspecified atom stereocenters. The highest BCUT2D eigenvalue weighted by Crippen LogP contribution is 2.18. The van der Waals surface area contributed by atoms with Crippen molar-refractivity contribution in [3.05, 3.63) is 52.3 Å². The van der Waals surface area contributed by atoms with Crippen LogP contribution in [0.1, 0.15) is 48.0 Å². The number of hydrogen-bond acceptors (Lipinski definition) is 3. The average Bonchev–Trinajstić information content (AvgIpc) is 2.91. The summed E-state index contributed by atoms with van der Waals surface area (Å²) in [5, 5.41) is 11.4. The molecule has 2 aromatic rings. The molecule has 0 spiro atoms. The van der Waals surface area contributed by atoms with Crippen molar-refractivity contribution in [2.45, 2.75) is 46.7 Å². The Hall–Kier alpha value is -1.61. The summed E-state index contributed by atoms with van der Waals surface area (Å²) in [6.07, 6.45) is 1.07. The predicted molar refractivity (Wildman–Crippen MR) is 133 cm³/mol. The lowest BCUT2D eigenvalue weighted by Crippen LogP contribution is -2.41. The largest absolute Gasteiger partial charge is 0.357 e. The molecule has 0 aliphatic heterocycles. The number of aliphatic imine (C=N–C) groups is 1. The molecular formula is C22H37IN6. The van der Waals surface area contributed by atoms with Gasteiger partial charge in [-0.1, -0.05) is 31.2 Å². The summed E-state index contributed by atoms with van der Waals surface area (Å²) in [6.45, 7) is 10.6. The molecule has 1 atom stereocenters. The van der Waals surface area contributed by atoms with Crippen LogP contribution >= 0.6 is 24.0 Å². The summed E-state index contributed by atoms with van der Waals surface area (Å²) in [7, 11) is 6.21. The minimum Gasteiger partial charge on any atom is -0.357 e. The Morgan fingerprint density at radius 3 is 2.28 bits per heavy atom. The number of aryl methyl sites for hydroxylation is 3. The molecule has 0 aliphatic rings. The molecule has 1 aromatic heterocycles. The van der Waals surface area contributed by atoms with Gasteiger partial charge in [0.2, 0.25) is 0 Å². The number of likely N-dealkylation sites (N-methyl/N-ethyl adjacent to an activating group) is 1. The van der Waals surface area contributed by atoms with Crippen LogP contribution in [0.4, 0.5) is 0 Å². The van der Waals surface area contributed by atoms with E-state index in [2.05, 4.69) is 79.8 Å². The normalized spacial score (nSPS) is 12.6. The van der Waals surface area contributed by atoms with Gasteiger partial charge in [-0.2, -0.15) is 5.10 Å². The van der Waals surface area contributed by atoms with E-state index in [4.69, 9.17) is 4.99 Å². The van der Waals surface area contributed by atoms with Crippen LogP contribution in [-0.2, 0) is 20.0 Å². The van der Waals surface area contributed by atoms with Gasteiger partial charge >= 0.3 is 0 Å². The molecule has 1 heterocycles. The highest BCUT2D eigenvalue weighted by molar-refractivity contribution is 14.0. The third-order valence-electron chi connectivity index (χ3n) is 5.26. The summed E-state index contributed by atoms with van der Waals surface area (Å²) in [6, 6.07) is 9.18. The number of benzene rings is 1. The second-order valence-electron chi connectivity index (χ2n) is 7.42. The third kappa shape index (κ3) is 6.99. The molecule has 6 nitrogen and oxygen atoms in total. The molecule has 1 aromatic carbocycles. The minimum atomic E-state index is 0. The fraction of sp³-hybridized carbons (Fsp3) is 0.545. The van der Waals surface area contributed by atoms with Crippen molar-refractivity contribution >= 4 is 29.9 Å². The first-order chi connectivity index (χ1) is 13.4. The SMILES string of the molecule is CCNC(=NCc1c(C)nn(C)c1C)NCC(c1ccc(CC)cc1)N(C)C.I. The molecule has 0 radical (unpaired) electrons. The summed E-state index contributed by atoms with van der Waals surface area (Å²) in [4.78, 5) is 7.04. The zero-order chi connectivity index (χ0) is 20.7. The smallest absolute Gasteiger partial charge is 0.191 e. The second-order valence-corrected chi connectivity index (χ2v) is 7.42. The van der Waals surface area contributed by atoms with Crippen LogP contribution < -0.4 is 10.6 Å². The van der Waals surface area contributed by atoms with E-state index in [1.165, 1.54) is 22.4 Å². The van der Waals surface area contributed by atoms with E-state index in [-0.39, 0.29) is 30.0 Å². The Bertz CT molecular complexity index is 779. The van der Waals surface area contributed by atoms with Gasteiger partial charge < -0.3 is 15.5 Å². The second kappa shape index (κ2) is 12.2. The van der Waals surface area contributed by atoms with Crippen LogP contribution in [0.25, 0.3) is 0 Å². The van der Waals surface area contributed by atoms with Crippen LogP contribution in [0.2, 0.25) is 0 Å². The number of halogens is 1. The van der Waals surface area contributed by atoms with E-state index in [0.717, 1.165) is 31.2 Å². The van der Waals surface area contributed by atoms with E-state index in [9.17, 15) is 0 Å². The quantitative estimate of drug-likeness (QED) is 0.323. The van der Waals surface area contributed by atoms with Gasteiger partial charge in [0, 0.05) is 31.4 Å². The first-order valence-electron chi connectivity index (χ1n) is 10.1. The summed E-state index contributed by atoms with van der Waals surface area (Å²) in [5.41, 5.74) is 6.08. The third-order valence-corrected chi connectivity index (χ3v) is 5.26. The van der Waals surface area contributed by atoms with Gasteiger partial charge in [0.15, 0.2) is 5.96 Å². The Labute approximate surface area is 193 Å². The van der Waals surface area contributed by atoms with E-state index < -0.39 is 0 Å². The highest BCUT2D eigenvalue weighted by atomic mass is 127. The molecular weight excluding hydrogens is 475 g/mol. The van der Waals surface area contributed by atoms with Gasteiger partial charge in [0.1, 0.15) is 0 Å². The molecule has 0 bridgehead atoms. The Morgan fingerprint density at radius 2 is 1.79 bits per heavy atom. The van der Waals surface area contributed by atoms with Crippen molar-refractivity contribution in [3.63, 3.8) is 0 Å². The van der Waals surface area contributed by atoms with Crippen LogP contribution in [0.15, 0.2) is 29.3 Å². The standard InChI is InChI=1S/C22H36N6.HI/c1-8-18-10-12-19(13-11-18)21(27(5)6)15-25-22(23-9-2)24-14-20-16(3)26-28(7)17(20)4;/h10-13,21H,8-9,14-15H2,1-7H3,(H2,23,24,25);1H. The van der Waals surface area contributed by atoms with Crippen molar-refractivity contribution in [2.75, 3.05) is 27.2 Å². The Kier molecular flexibility index (Phi) is 10.7. The van der Waals surface area contributed by atoms with Gasteiger partial charge in [-0.05, 0) is 52.4 Å². The molecule has 0 aliphatic carbocycles. The zero-order valence-corrected chi connectivity index (χ0v) is 21.2. The molecule has 2 rings (SSSR count). The molecule has 0 saturated heterocycles. The molecule has 29 heavy (non-hydrogen) atoms. The van der Waals surface area contributed by atoms with Crippen LogP contribution in [0.3, 0.4) is 0 Å². The maximum atomic E-state index is 4.79. The molecule has 7 heteroatoms. The number of rotatable bonds is 8. The average molecular weight is 512 g/mol. The van der Waals surface area contributed by atoms with Gasteiger partial charge in [-0.3, -0.25) is 4.68 Å². The number of guanidine groups is 1. The minimum absolute atomic E-state index is 0. The van der Waals surface area contributed by atoms with Gasteiger partial charge in [0.25, 0.3) is 0 Å². The molecule has 2 N–H and O–H groups in total. The molecule has 0 saturated carbocycles. The van der Waals surface area contributed by atoms with Crippen LogP contribution in [0, 0.1) is 13.8 Å². The lowest BCUT2D eigenvalue weighted by atomic mass is 10.0. The summed E-state index contributed by atoms with van der Waals surface area (Å²) in [5.74, 6) is 0.835. The van der Waals surface area contributed by atoms with Crippen molar-refractivity contribution in [1.29, 1.82) is 0 Å². The zero-order valence-electron chi connectivity index (χ0n) is 18.9. The van der Waals surface area contributed by atoms with E-state index in [1.54, 1.807) is 0 Å². The Morgan fingerprint density at radius 1 is 1.14 bits per heavy atom. The van der Waals surface area contributed by atoms with Crippen molar-refractivity contribution in [3.8, 4) is 0 Å². The molecule has 0 fully saturated rings. The van der Waals surface area contributed by atoms with Gasteiger partial charge in [0.05, 0.1) is 18.3 Å².